The number of aliphatic carboxylic acids is 1. The Balaban J connectivity index is 2.73. The zero-order valence-electron chi connectivity index (χ0n) is 9.34. The fourth-order valence-electron chi connectivity index (χ4n) is 2.04. The van der Waals surface area contributed by atoms with E-state index in [0.29, 0.717) is 6.54 Å². The maximum atomic E-state index is 12.5. The van der Waals surface area contributed by atoms with Gasteiger partial charge in [0.25, 0.3) is 0 Å². The first-order valence-corrected chi connectivity index (χ1v) is 5.19. The van der Waals surface area contributed by atoms with Crippen molar-refractivity contribution in [3.05, 3.63) is 0 Å². The summed E-state index contributed by atoms with van der Waals surface area (Å²) in [6, 6.07) is 0. The molecule has 1 rings (SSSR count). The topological polar surface area (TPSA) is 40.5 Å². The van der Waals surface area contributed by atoms with Gasteiger partial charge in [-0.1, -0.05) is 0 Å². The second kappa shape index (κ2) is 4.24. The van der Waals surface area contributed by atoms with Gasteiger partial charge in [-0.15, -0.1) is 0 Å². The van der Waals surface area contributed by atoms with Gasteiger partial charge >= 0.3 is 12.1 Å². The van der Waals surface area contributed by atoms with Crippen molar-refractivity contribution in [1.82, 2.24) is 4.90 Å². The summed E-state index contributed by atoms with van der Waals surface area (Å²) < 4.78 is 37.4. The number of alkyl halides is 3. The van der Waals surface area contributed by atoms with Crippen molar-refractivity contribution >= 4 is 5.97 Å². The molecule has 0 aromatic carbocycles. The van der Waals surface area contributed by atoms with Crippen LogP contribution >= 0.6 is 0 Å². The van der Waals surface area contributed by atoms with Crippen molar-refractivity contribution in [2.45, 2.75) is 38.4 Å². The van der Waals surface area contributed by atoms with E-state index >= 15 is 0 Å². The van der Waals surface area contributed by atoms with Crippen molar-refractivity contribution in [2.75, 3.05) is 13.1 Å². The van der Waals surface area contributed by atoms with Crippen LogP contribution in [0.25, 0.3) is 0 Å². The van der Waals surface area contributed by atoms with Crippen LogP contribution in [0.3, 0.4) is 0 Å². The van der Waals surface area contributed by atoms with Gasteiger partial charge in [-0.25, -0.2) is 0 Å². The van der Waals surface area contributed by atoms with Gasteiger partial charge in [-0.2, -0.15) is 13.2 Å². The van der Waals surface area contributed by atoms with Crippen LogP contribution in [-0.4, -0.2) is 40.8 Å². The van der Waals surface area contributed by atoms with Crippen molar-refractivity contribution in [3.63, 3.8) is 0 Å². The first kappa shape index (κ1) is 13.3. The Morgan fingerprint density at radius 3 is 2.38 bits per heavy atom. The molecule has 1 aliphatic rings. The summed E-state index contributed by atoms with van der Waals surface area (Å²) in [5, 5.41) is 8.59. The van der Waals surface area contributed by atoms with Crippen LogP contribution in [0.1, 0.15) is 26.7 Å². The first-order chi connectivity index (χ1) is 7.14. The zero-order chi connectivity index (χ0) is 12.6. The number of halogens is 3. The largest absolute Gasteiger partial charge is 0.481 e. The van der Waals surface area contributed by atoms with E-state index in [4.69, 9.17) is 5.11 Å². The quantitative estimate of drug-likeness (QED) is 0.820. The highest BCUT2D eigenvalue weighted by Crippen LogP contribution is 2.33. The van der Waals surface area contributed by atoms with Gasteiger partial charge in [0.05, 0.1) is 0 Å². The molecule has 0 aromatic heterocycles. The number of carboxylic acid groups (broad SMARTS) is 1. The zero-order valence-corrected chi connectivity index (χ0v) is 9.34. The molecular formula is C10H16F3NO2. The van der Waals surface area contributed by atoms with Crippen LogP contribution in [-0.2, 0) is 4.79 Å². The predicted octanol–water partition coefficient (Wildman–Crippen LogP) is 2.12. The third-order valence-corrected chi connectivity index (χ3v) is 3.17. The number of carbonyl (C=O) groups is 1. The number of nitrogens with zero attached hydrogens (tertiary/aromatic N) is 1. The van der Waals surface area contributed by atoms with Crippen LogP contribution in [0.15, 0.2) is 0 Å². The third kappa shape index (κ3) is 2.87. The summed E-state index contributed by atoms with van der Waals surface area (Å²) in [5.41, 5.74) is -0.334. The summed E-state index contributed by atoms with van der Waals surface area (Å²) in [6.45, 7) is 3.77. The van der Waals surface area contributed by atoms with Crippen molar-refractivity contribution in [2.24, 2.45) is 5.92 Å². The minimum atomic E-state index is -4.68. The summed E-state index contributed by atoms with van der Waals surface area (Å²) in [4.78, 5) is 12.2. The maximum absolute atomic E-state index is 12.5. The fourth-order valence-corrected chi connectivity index (χ4v) is 2.04. The summed E-state index contributed by atoms with van der Waals surface area (Å²) in [5.74, 6) is -4.08. The number of rotatable bonds is 3. The van der Waals surface area contributed by atoms with Crippen LogP contribution in [0.2, 0.25) is 0 Å². The van der Waals surface area contributed by atoms with Crippen molar-refractivity contribution in [3.8, 4) is 0 Å². The van der Waals surface area contributed by atoms with E-state index in [0.717, 1.165) is 12.8 Å². The van der Waals surface area contributed by atoms with Gasteiger partial charge < -0.3 is 5.11 Å². The Hall–Kier alpha value is -0.780. The fraction of sp³-hybridized carbons (Fsp3) is 0.900. The molecule has 6 heteroatoms. The lowest BCUT2D eigenvalue weighted by molar-refractivity contribution is -0.197. The summed E-state index contributed by atoms with van der Waals surface area (Å²) in [6.07, 6.45) is -3.06. The van der Waals surface area contributed by atoms with Crippen LogP contribution in [0.4, 0.5) is 13.2 Å². The maximum Gasteiger partial charge on any atom is 0.403 e. The standard InChI is InChI=1S/C10H16F3NO2/c1-9(2)4-3-5-14(9)6-7(8(15)16)10(11,12)13/h7H,3-6H2,1-2H3,(H,15,16). The lowest BCUT2D eigenvalue weighted by atomic mass is 10.0. The number of hydrogen-bond acceptors (Lipinski definition) is 2. The van der Waals surface area contributed by atoms with Crippen LogP contribution in [0.5, 0.6) is 0 Å². The summed E-state index contributed by atoms with van der Waals surface area (Å²) in [7, 11) is 0. The second-order valence-corrected chi connectivity index (χ2v) is 4.79. The molecular weight excluding hydrogens is 223 g/mol. The number of hydrogen-bond donors (Lipinski definition) is 1. The van der Waals surface area contributed by atoms with Crippen LogP contribution < -0.4 is 0 Å². The molecule has 0 aliphatic carbocycles. The Bertz CT molecular complexity index is 276. The van der Waals surface area contributed by atoms with E-state index in [9.17, 15) is 18.0 Å². The minimum Gasteiger partial charge on any atom is -0.481 e. The van der Waals surface area contributed by atoms with Gasteiger partial charge in [0.1, 0.15) is 0 Å². The average Bonchev–Trinajstić information content (AvgIpc) is 2.38. The molecule has 0 radical (unpaired) electrons. The molecule has 16 heavy (non-hydrogen) atoms. The molecule has 0 spiro atoms. The molecule has 0 amide bonds. The van der Waals surface area contributed by atoms with E-state index in [-0.39, 0.29) is 5.54 Å². The molecule has 1 atom stereocenters. The lowest BCUT2D eigenvalue weighted by Crippen LogP contribution is -2.46. The Morgan fingerprint density at radius 2 is 2.06 bits per heavy atom. The van der Waals surface area contributed by atoms with Gasteiger partial charge in [0, 0.05) is 12.1 Å². The van der Waals surface area contributed by atoms with E-state index in [1.54, 1.807) is 4.90 Å². The molecule has 1 saturated heterocycles. The summed E-state index contributed by atoms with van der Waals surface area (Å²) >= 11 is 0. The molecule has 1 fully saturated rings. The molecule has 0 bridgehead atoms. The smallest absolute Gasteiger partial charge is 0.403 e. The highest BCUT2D eigenvalue weighted by atomic mass is 19.4. The first-order valence-electron chi connectivity index (χ1n) is 5.19. The molecule has 1 aliphatic heterocycles. The normalized spacial score (nSPS) is 23.3. The van der Waals surface area contributed by atoms with E-state index in [1.165, 1.54) is 0 Å². The van der Waals surface area contributed by atoms with E-state index < -0.39 is 24.6 Å². The third-order valence-electron chi connectivity index (χ3n) is 3.17. The van der Waals surface area contributed by atoms with Crippen molar-refractivity contribution < 1.29 is 23.1 Å². The predicted molar refractivity (Wildman–Crippen MR) is 52.1 cm³/mol. The molecule has 1 heterocycles. The molecule has 1 N–H and O–H groups in total. The lowest BCUT2D eigenvalue weighted by Gasteiger charge is -2.33. The van der Waals surface area contributed by atoms with E-state index in [2.05, 4.69) is 0 Å². The monoisotopic (exact) mass is 239 g/mol. The van der Waals surface area contributed by atoms with Gasteiger partial charge in [0.2, 0.25) is 0 Å². The number of carboxylic acids is 1. The highest BCUT2D eigenvalue weighted by Gasteiger charge is 2.48. The van der Waals surface area contributed by atoms with Gasteiger partial charge in [-0.3, -0.25) is 9.69 Å². The van der Waals surface area contributed by atoms with Gasteiger partial charge in [-0.05, 0) is 33.2 Å². The SMILES string of the molecule is CC1(C)CCCN1CC(C(=O)O)C(F)(F)F. The number of likely N-dealkylation sites (tertiary alicyclic amines) is 1. The Labute approximate surface area is 92.2 Å². The molecule has 94 valence electrons. The molecule has 0 saturated carbocycles. The molecule has 1 unspecified atom stereocenters. The minimum absolute atomic E-state index is 0.334. The molecule has 0 aromatic rings. The second-order valence-electron chi connectivity index (χ2n) is 4.79. The molecule has 3 nitrogen and oxygen atoms in total. The Morgan fingerprint density at radius 1 is 1.50 bits per heavy atom. The van der Waals surface area contributed by atoms with Gasteiger partial charge in [0.15, 0.2) is 5.92 Å². The van der Waals surface area contributed by atoms with E-state index in [1.807, 2.05) is 13.8 Å². The average molecular weight is 239 g/mol. The Kier molecular flexibility index (Phi) is 3.52. The van der Waals surface area contributed by atoms with Crippen molar-refractivity contribution in [1.29, 1.82) is 0 Å². The van der Waals surface area contributed by atoms with Crippen LogP contribution in [0, 0.1) is 5.92 Å². The highest BCUT2D eigenvalue weighted by molar-refractivity contribution is 5.71.